The molecule has 0 aliphatic rings. The third-order valence-corrected chi connectivity index (χ3v) is 7.62. The van der Waals surface area contributed by atoms with Gasteiger partial charge in [-0.2, -0.15) is 8.42 Å². The first-order valence-corrected chi connectivity index (χ1v) is 12.2. The number of thiocarbonyl (C=S) groups is 1. The SMILES string of the molecule is C=CCn1c(O)c(C(=S)N(CC)c2ccccc2C)sc1=NS(=O)(=O)c1ccccc1. The molecule has 162 valence electrons. The average Bonchev–Trinajstić information content (AvgIpc) is 3.05. The highest BCUT2D eigenvalue weighted by atomic mass is 32.2. The number of rotatable bonds is 7. The summed E-state index contributed by atoms with van der Waals surface area (Å²) in [5.74, 6) is -0.135. The van der Waals surface area contributed by atoms with E-state index < -0.39 is 10.0 Å². The number of para-hydroxylation sites is 1. The van der Waals surface area contributed by atoms with Crippen molar-refractivity contribution in [2.45, 2.75) is 25.3 Å². The Morgan fingerprint density at radius 2 is 1.87 bits per heavy atom. The molecule has 0 radical (unpaired) electrons. The summed E-state index contributed by atoms with van der Waals surface area (Å²) < 4.78 is 30.9. The van der Waals surface area contributed by atoms with Crippen molar-refractivity contribution >= 4 is 44.3 Å². The van der Waals surface area contributed by atoms with Crippen molar-refractivity contribution in [3.8, 4) is 5.88 Å². The van der Waals surface area contributed by atoms with Crippen LogP contribution in [0, 0.1) is 6.92 Å². The maximum absolute atomic E-state index is 12.8. The Bertz CT molecular complexity index is 1280. The van der Waals surface area contributed by atoms with Gasteiger partial charge in [-0.3, -0.25) is 4.57 Å². The molecule has 0 saturated heterocycles. The maximum Gasteiger partial charge on any atom is 0.285 e. The topological polar surface area (TPSA) is 74.9 Å². The molecule has 0 spiro atoms. The van der Waals surface area contributed by atoms with Crippen LogP contribution in [0.5, 0.6) is 5.88 Å². The lowest BCUT2D eigenvalue weighted by Crippen LogP contribution is -2.29. The summed E-state index contributed by atoms with van der Waals surface area (Å²) in [6.45, 7) is 8.41. The lowest BCUT2D eigenvalue weighted by atomic mass is 10.2. The molecule has 0 fully saturated rings. The molecular weight excluding hydrogens is 450 g/mol. The predicted octanol–water partition coefficient (Wildman–Crippen LogP) is 4.24. The number of hydrogen-bond donors (Lipinski definition) is 1. The third-order valence-electron chi connectivity index (χ3n) is 4.60. The van der Waals surface area contributed by atoms with Gasteiger partial charge < -0.3 is 10.0 Å². The lowest BCUT2D eigenvalue weighted by molar-refractivity contribution is 0.421. The fraction of sp³-hybridized carbons (Fsp3) is 0.182. The van der Waals surface area contributed by atoms with Crippen LogP contribution in [-0.4, -0.2) is 29.6 Å². The van der Waals surface area contributed by atoms with E-state index in [1.165, 1.54) is 16.7 Å². The Kier molecular flexibility index (Phi) is 7.09. The van der Waals surface area contributed by atoms with E-state index in [1.54, 1.807) is 24.3 Å². The highest BCUT2D eigenvalue weighted by Crippen LogP contribution is 2.28. The minimum absolute atomic E-state index is 0.0762. The summed E-state index contributed by atoms with van der Waals surface area (Å²) in [6.07, 6.45) is 1.56. The van der Waals surface area contributed by atoms with Crippen LogP contribution in [0.15, 0.2) is 76.5 Å². The first-order chi connectivity index (χ1) is 14.8. The third kappa shape index (κ3) is 4.79. The van der Waals surface area contributed by atoms with Crippen LogP contribution in [0.1, 0.15) is 17.4 Å². The van der Waals surface area contributed by atoms with Gasteiger partial charge in [-0.1, -0.05) is 66.0 Å². The Morgan fingerprint density at radius 1 is 1.23 bits per heavy atom. The number of aromatic nitrogens is 1. The van der Waals surface area contributed by atoms with Crippen molar-refractivity contribution < 1.29 is 13.5 Å². The Balaban J connectivity index is 2.14. The van der Waals surface area contributed by atoms with Gasteiger partial charge in [0.1, 0.15) is 9.87 Å². The van der Waals surface area contributed by atoms with Crippen molar-refractivity contribution in [2.75, 3.05) is 11.4 Å². The molecule has 0 atom stereocenters. The van der Waals surface area contributed by atoms with Crippen molar-refractivity contribution in [2.24, 2.45) is 4.40 Å². The Labute approximate surface area is 191 Å². The number of anilines is 1. The van der Waals surface area contributed by atoms with E-state index in [2.05, 4.69) is 11.0 Å². The van der Waals surface area contributed by atoms with Gasteiger partial charge in [0.2, 0.25) is 10.7 Å². The van der Waals surface area contributed by atoms with E-state index in [4.69, 9.17) is 12.2 Å². The Morgan fingerprint density at radius 3 is 2.48 bits per heavy atom. The van der Waals surface area contributed by atoms with Crippen LogP contribution in [0.4, 0.5) is 5.69 Å². The molecule has 0 unspecified atom stereocenters. The number of sulfonamides is 1. The molecule has 3 rings (SSSR count). The molecule has 0 saturated carbocycles. The summed E-state index contributed by atoms with van der Waals surface area (Å²) in [4.78, 5) is 2.88. The van der Waals surface area contributed by atoms with Gasteiger partial charge in [0, 0.05) is 18.8 Å². The minimum Gasteiger partial charge on any atom is -0.493 e. The van der Waals surface area contributed by atoms with E-state index >= 15 is 0 Å². The highest BCUT2D eigenvalue weighted by Gasteiger charge is 2.23. The number of aromatic hydroxyl groups is 1. The molecule has 31 heavy (non-hydrogen) atoms. The van der Waals surface area contributed by atoms with Crippen molar-refractivity contribution in [3.63, 3.8) is 0 Å². The van der Waals surface area contributed by atoms with Crippen LogP contribution < -0.4 is 9.70 Å². The summed E-state index contributed by atoms with van der Waals surface area (Å²) in [5.41, 5.74) is 1.96. The van der Waals surface area contributed by atoms with Crippen molar-refractivity contribution in [1.29, 1.82) is 0 Å². The van der Waals surface area contributed by atoms with E-state index in [-0.39, 0.29) is 22.1 Å². The van der Waals surface area contributed by atoms with Crippen LogP contribution in [-0.2, 0) is 16.6 Å². The number of allylic oxidation sites excluding steroid dienone is 1. The van der Waals surface area contributed by atoms with Gasteiger partial charge in [0.25, 0.3) is 10.0 Å². The number of benzene rings is 2. The van der Waals surface area contributed by atoms with Gasteiger partial charge in [0.15, 0.2) is 0 Å². The lowest BCUT2D eigenvalue weighted by Gasteiger charge is -2.24. The number of thiazole rings is 1. The molecule has 1 heterocycles. The molecule has 1 N–H and O–H groups in total. The van der Waals surface area contributed by atoms with Gasteiger partial charge >= 0.3 is 0 Å². The molecular formula is C22H23N3O3S3. The standard InChI is InChI=1S/C22H23N3O3S3/c1-4-15-25-20(26)19(21(29)24(5-2)18-14-10-9-11-16(18)3)30-22(25)23-31(27,28)17-12-7-6-8-13-17/h4,6-14,26H,1,5,15H2,2-3H3. The number of nitrogens with zero attached hydrogens (tertiary/aromatic N) is 3. The molecule has 3 aromatic rings. The Hall–Kier alpha value is -2.75. The first kappa shape index (κ1) is 22.9. The molecule has 6 nitrogen and oxygen atoms in total. The monoisotopic (exact) mass is 473 g/mol. The fourth-order valence-electron chi connectivity index (χ4n) is 3.07. The van der Waals surface area contributed by atoms with Crippen LogP contribution in [0.25, 0.3) is 0 Å². The van der Waals surface area contributed by atoms with E-state index in [9.17, 15) is 13.5 Å². The normalized spacial score (nSPS) is 12.0. The van der Waals surface area contributed by atoms with E-state index in [1.807, 2.05) is 43.0 Å². The van der Waals surface area contributed by atoms with Crippen molar-refractivity contribution in [1.82, 2.24) is 4.57 Å². The maximum atomic E-state index is 12.8. The molecule has 0 bridgehead atoms. The zero-order chi connectivity index (χ0) is 22.6. The second-order valence-electron chi connectivity index (χ2n) is 6.65. The quantitative estimate of drug-likeness (QED) is 0.410. The summed E-state index contributed by atoms with van der Waals surface area (Å²) in [7, 11) is -3.96. The van der Waals surface area contributed by atoms with Gasteiger partial charge in [0.05, 0.1) is 4.90 Å². The van der Waals surface area contributed by atoms with E-state index in [0.717, 1.165) is 22.6 Å². The van der Waals surface area contributed by atoms with Crippen LogP contribution in [0.2, 0.25) is 0 Å². The fourth-order valence-corrected chi connectivity index (χ4v) is 5.72. The average molecular weight is 474 g/mol. The zero-order valence-corrected chi connectivity index (χ0v) is 19.7. The highest BCUT2D eigenvalue weighted by molar-refractivity contribution is 7.90. The minimum atomic E-state index is -3.96. The van der Waals surface area contributed by atoms with Gasteiger partial charge in [-0.25, -0.2) is 0 Å². The molecule has 0 amide bonds. The second-order valence-corrected chi connectivity index (χ2v) is 9.62. The predicted molar refractivity (Wildman–Crippen MR) is 129 cm³/mol. The summed E-state index contributed by atoms with van der Waals surface area (Å²) in [5, 5.41) is 10.9. The van der Waals surface area contributed by atoms with Crippen LogP contribution >= 0.6 is 23.6 Å². The van der Waals surface area contributed by atoms with Gasteiger partial charge in [-0.15, -0.1) is 11.0 Å². The summed E-state index contributed by atoms with van der Waals surface area (Å²) >= 11 is 6.74. The molecule has 1 aromatic heterocycles. The van der Waals surface area contributed by atoms with Crippen molar-refractivity contribution in [3.05, 3.63) is 82.5 Å². The van der Waals surface area contributed by atoms with E-state index in [0.29, 0.717) is 16.4 Å². The second kappa shape index (κ2) is 9.59. The number of aryl methyl sites for hydroxylation is 1. The summed E-state index contributed by atoms with van der Waals surface area (Å²) in [6, 6.07) is 15.8. The first-order valence-electron chi connectivity index (χ1n) is 9.57. The molecule has 0 aliphatic heterocycles. The number of hydrogen-bond acceptors (Lipinski definition) is 5. The smallest absolute Gasteiger partial charge is 0.285 e. The zero-order valence-electron chi connectivity index (χ0n) is 17.2. The van der Waals surface area contributed by atoms with Gasteiger partial charge in [-0.05, 0) is 37.6 Å². The molecule has 9 heteroatoms. The molecule has 0 aliphatic carbocycles. The molecule has 2 aromatic carbocycles. The largest absolute Gasteiger partial charge is 0.493 e. The van der Waals surface area contributed by atoms with Crippen LogP contribution in [0.3, 0.4) is 0 Å².